The monoisotopic (exact) mass is 359 g/mol. The van der Waals surface area contributed by atoms with Gasteiger partial charge < -0.3 is 15.4 Å². The lowest BCUT2D eigenvalue weighted by Gasteiger charge is -2.22. The Kier molecular flexibility index (Phi) is 6.28. The summed E-state index contributed by atoms with van der Waals surface area (Å²) in [5, 5.41) is 9.10. The highest BCUT2D eigenvalue weighted by Gasteiger charge is 2.15. The molecule has 6 heteroatoms. The van der Waals surface area contributed by atoms with E-state index in [0.29, 0.717) is 12.6 Å². The van der Waals surface area contributed by atoms with Gasteiger partial charge in [-0.25, -0.2) is 9.78 Å². The molecule has 0 aliphatic heterocycles. The Morgan fingerprint density at radius 1 is 1.24 bits per heavy atom. The molecule has 1 aromatic heterocycles. The zero-order valence-corrected chi connectivity index (χ0v) is 15.4. The molecular formula is C19H25N3O2S. The molecule has 0 bridgehead atoms. The first-order valence-electron chi connectivity index (χ1n) is 8.88. The van der Waals surface area contributed by atoms with Gasteiger partial charge in [-0.2, -0.15) is 0 Å². The minimum atomic E-state index is -0.0566. The summed E-state index contributed by atoms with van der Waals surface area (Å²) in [7, 11) is 1.66. The molecule has 134 valence electrons. The van der Waals surface area contributed by atoms with Crippen molar-refractivity contribution in [3.63, 3.8) is 0 Å². The number of rotatable bonds is 6. The van der Waals surface area contributed by atoms with Crippen LogP contribution in [0.15, 0.2) is 29.6 Å². The van der Waals surface area contributed by atoms with E-state index in [-0.39, 0.29) is 6.03 Å². The molecule has 25 heavy (non-hydrogen) atoms. The number of amides is 2. The number of urea groups is 1. The second-order valence-electron chi connectivity index (χ2n) is 6.34. The third-order valence-electron chi connectivity index (χ3n) is 4.50. The molecule has 1 aliphatic rings. The topological polar surface area (TPSA) is 63.2 Å². The number of ether oxygens (including phenoxy) is 1. The molecule has 1 heterocycles. The highest BCUT2D eigenvalue weighted by atomic mass is 32.1. The maximum absolute atomic E-state index is 11.9. The number of hydrogen-bond acceptors (Lipinski definition) is 4. The van der Waals surface area contributed by atoms with E-state index in [1.807, 2.05) is 24.3 Å². The van der Waals surface area contributed by atoms with Crippen molar-refractivity contribution >= 4 is 17.4 Å². The number of nitrogens with zero attached hydrogens (tertiary/aromatic N) is 1. The minimum absolute atomic E-state index is 0.0566. The fourth-order valence-corrected chi connectivity index (χ4v) is 3.89. The van der Waals surface area contributed by atoms with Gasteiger partial charge in [-0.05, 0) is 37.1 Å². The number of methoxy groups -OCH3 is 1. The van der Waals surface area contributed by atoms with E-state index in [2.05, 4.69) is 21.0 Å². The van der Waals surface area contributed by atoms with Gasteiger partial charge in [0.25, 0.3) is 0 Å². The van der Waals surface area contributed by atoms with Crippen molar-refractivity contribution in [2.45, 2.75) is 44.6 Å². The van der Waals surface area contributed by atoms with Crippen LogP contribution in [0.2, 0.25) is 0 Å². The highest BCUT2D eigenvalue weighted by molar-refractivity contribution is 7.09. The Bertz CT molecular complexity index is 678. The molecule has 3 rings (SSSR count). The molecule has 1 aliphatic carbocycles. The molecule has 0 atom stereocenters. The number of benzene rings is 1. The van der Waals surface area contributed by atoms with Crippen LogP contribution in [0.25, 0.3) is 11.3 Å². The zero-order valence-electron chi connectivity index (χ0n) is 14.6. The van der Waals surface area contributed by atoms with Gasteiger partial charge in [-0.1, -0.05) is 19.3 Å². The average Bonchev–Trinajstić information content (AvgIpc) is 3.11. The van der Waals surface area contributed by atoms with Crippen molar-refractivity contribution < 1.29 is 9.53 Å². The first kappa shape index (κ1) is 17.7. The van der Waals surface area contributed by atoms with Crippen LogP contribution in [0.4, 0.5) is 4.79 Å². The average molecular weight is 359 g/mol. The molecule has 2 amide bonds. The third-order valence-corrected chi connectivity index (χ3v) is 5.41. The van der Waals surface area contributed by atoms with Crippen LogP contribution in [0.3, 0.4) is 0 Å². The summed E-state index contributed by atoms with van der Waals surface area (Å²) in [5.41, 5.74) is 2.04. The molecule has 2 N–H and O–H groups in total. The van der Waals surface area contributed by atoms with Crippen molar-refractivity contribution in [2.75, 3.05) is 13.7 Å². The summed E-state index contributed by atoms with van der Waals surface area (Å²) >= 11 is 1.63. The second kappa shape index (κ2) is 8.85. The fourth-order valence-electron chi connectivity index (χ4n) is 3.09. The summed E-state index contributed by atoms with van der Waals surface area (Å²) in [6.07, 6.45) is 6.69. The number of carbonyl (C=O) groups excluding carboxylic acids is 1. The maximum atomic E-state index is 11.9. The largest absolute Gasteiger partial charge is 0.497 e. The lowest BCUT2D eigenvalue weighted by molar-refractivity contribution is 0.233. The van der Waals surface area contributed by atoms with Crippen LogP contribution in [-0.4, -0.2) is 30.7 Å². The lowest BCUT2D eigenvalue weighted by Crippen LogP contribution is -2.43. The number of hydrogen-bond donors (Lipinski definition) is 2. The SMILES string of the molecule is COc1ccc(-c2csc(CCNC(=O)NC3CCCCC3)n2)cc1. The lowest BCUT2D eigenvalue weighted by atomic mass is 9.96. The third kappa shape index (κ3) is 5.19. The predicted molar refractivity (Wildman–Crippen MR) is 101 cm³/mol. The predicted octanol–water partition coefficient (Wildman–Crippen LogP) is 3.99. The first-order chi connectivity index (χ1) is 12.2. The van der Waals surface area contributed by atoms with E-state index < -0.39 is 0 Å². The Hall–Kier alpha value is -2.08. The zero-order chi connectivity index (χ0) is 17.5. The highest BCUT2D eigenvalue weighted by Crippen LogP contribution is 2.24. The summed E-state index contributed by atoms with van der Waals surface area (Å²) in [6.45, 7) is 0.605. The molecule has 0 unspecified atom stereocenters. The Labute approximate surface area is 152 Å². The Balaban J connectivity index is 1.44. The molecule has 1 saturated carbocycles. The van der Waals surface area contributed by atoms with Crippen molar-refractivity contribution in [2.24, 2.45) is 0 Å². The van der Waals surface area contributed by atoms with Gasteiger partial charge in [0.2, 0.25) is 0 Å². The van der Waals surface area contributed by atoms with Crippen molar-refractivity contribution in [1.29, 1.82) is 0 Å². The fraction of sp³-hybridized carbons (Fsp3) is 0.474. The Morgan fingerprint density at radius 3 is 2.72 bits per heavy atom. The van der Waals surface area contributed by atoms with Crippen LogP contribution < -0.4 is 15.4 Å². The molecule has 5 nitrogen and oxygen atoms in total. The maximum Gasteiger partial charge on any atom is 0.315 e. The number of thiazole rings is 1. The van der Waals surface area contributed by atoms with E-state index in [1.54, 1.807) is 18.4 Å². The van der Waals surface area contributed by atoms with Gasteiger partial charge in [0.1, 0.15) is 5.75 Å². The van der Waals surface area contributed by atoms with E-state index in [9.17, 15) is 4.79 Å². The van der Waals surface area contributed by atoms with Gasteiger partial charge in [0, 0.05) is 30.0 Å². The molecular weight excluding hydrogens is 334 g/mol. The molecule has 0 radical (unpaired) electrons. The molecule has 0 saturated heterocycles. The molecule has 1 fully saturated rings. The van der Waals surface area contributed by atoms with Gasteiger partial charge >= 0.3 is 6.03 Å². The van der Waals surface area contributed by atoms with Gasteiger partial charge in [-0.3, -0.25) is 0 Å². The normalized spacial score (nSPS) is 14.9. The van der Waals surface area contributed by atoms with Crippen LogP contribution in [0, 0.1) is 0 Å². The summed E-state index contributed by atoms with van der Waals surface area (Å²) in [4.78, 5) is 16.6. The first-order valence-corrected chi connectivity index (χ1v) is 9.76. The van der Waals surface area contributed by atoms with Crippen LogP contribution >= 0.6 is 11.3 Å². The summed E-state index contributed by atoms with van der Waals surface area (Å²) in [5.74, 6) is 0.840. The smallest absolute Gasteiger partial charge is 0.315 e. The number of carbonyl (C=O) groups is 1. The molecule has 2 aromatic rings. The molecule has 1 aromatic carbocycles. The van der Waals surface area contributed by atoms with Crippen LogP contribution in [0.1, 0.15) is 37.1 Å². The number of aromatic nitrogens is 1. The van der Waals surface area contributed by atoms with Gasteiger partial charge in [-0.15, -0.1) is 11.3 Å². The standard InChI is InChI=1S/C19H25N3O2S/c1-24-16-9-7-14(8-10-16)17-13-25-18(22-17)11-12-20-19(23)21-15-5-3-2-4-6-15/h7-10,13,15H,2-6,11-12H2,1H3,(H2,20,21,23). The van der Waals surface area contributed by atoms with Gasteiger partial charge in [0.15, 0.2) is 0 Å². The van der Waals surface area contributed by atoms with Crippen molar-refractivity contribution in [3.8, 4) is 17.0 Å². The quantitative estimate of drug-likeness (QED) is 0.820. The van der Waals surface area contributed by atoms with Gasteiger partial charge in [0.05, 0.1) is 17.8 Å². The minimum Gasteiger partial charge on any atom is -0.497 e. The van der Waals surface area contributed by atoms with Crippen molar-refractivity contribution in [3.05, 3.63) is 34.7 Å². The Morgan fingerprint density at radius 2 is 2.00 bits per heavy atom. The van der Waals surface area contributed by atoms with E-state index in [0.717, 1.165) is 41.3 Å². The summed E-state index contributed by atoms with van der Waals surface area (Å²) in [6, 6.07) is 8.17. The van der Waals surface area contributed by atoms with E-state index in [1.165, 1.54) is 19.3 Å². The number of nitrogens with one attached hydrogen (secondary N) is 2. The van der Waals surface area contributed by atoms with E-state index >= 15 is 0 Å². The molecule has 0 spiro atoms. The van der Waals surface area contributed by atoms with Crippen molar-refractivity contribution in [1.82, 2.24) is 15.6 Å². The second-order valence-corrected chi connectivity index (χ2v) is 7.28. The van der Waals surface area contributed by atoms with E-state index in [4.69, 9.17) is 4.74 Å². The summed E-state index contributed by atoms with van der Waals surface area (Å²) < 4.78 is 5.18. The van der Waals surface area contributed by atoms with Crippen LogP contribution in [-0.2, 0) is 6.42 Å². The van der Waals surface area contributed by atoms with Crippen LogP contribution in [0.5, 0.6) is 5.75 Å².